The number of carbonyl (C=O) groups is 5. The molecule has 0 heterocycles. The summed E-state index contributed by atoms with van der Waals surface area (Å²) in [6.07, 6.45) is 2.09. The summed E-state index contributed by atoms with van der Waals surface area (Å²) in [6, 6.07) is 21.2. The minimum absolute atomic E-state index is 0.0583. The number of esters is 1. The lowest BCUT2D eigenvalue weighted by molar-refractivity contribution is -0.145. The number of benzene rings is 3. The minimum Gasteiger partial charge on any atom is -0.461 e. The van der Waals surface area contributed by atoms with Crippen LogP contribution in [0.15, 0.2) is 66.7 Å². The maximum Gasteiger partial charge on any atom is 0.419 e. The first-order valence-electron chi connectivity index (χ1n) is 19.5. The highest BCUT2D eigenvalue weighted by Crippen LogP contribution is 2.44. The van der Waals surface area contributed by atoms with Crippen LogP contribution in [0.25, 0.3) is 11.1 Å². The predicted octanol–water partition coefficient (Wildman–Crippen LogP) is 10.3. The zero-order valence-corrected chi connectivity index (χ0v) is 33.8. The van der Waals surface area contributed by atoms with Gasteiger partial charge in [0.1, 0.15) is 24.4 Å². The summed E-state index contributed by atoms with van der Waals surface area (Å²) in [6.45, 7) is 12.3. The molecule has 0 unspecified atom stereocenters. The Morgan fingerprint density at radius 3 is 1.77 bits per heavy atom. The third kappa shape index (κ3) is 13.1. The number of hydrogen-bond donors (Lipinski definition) is 2. The van der Waals surface area contributed by atoms with Crippen LogP contribution in [0.2, 0.25) is 0 Å². The molecule has 0 radical (unpaired) electrons. The average Bonchev–Trinajstić information content (AvgIpc) is 3.44. The highest BCUT2D eigenvalue weighted by atomic mass is 16.6. The fourth-order valence-electron chi connectivity index (χ4n) is 6.30. The van der Waals surface area contributed by atoms with Crippen LogP contribution in [0.1, 0.15) is 122 Å². The first kappa shape index (κ1) is 43.3. The molecule has 0 aliphatic heterocycles. The number of unbranched alkanes of at least 4 members (excludes halogenated alkanes) is 4. The van der Waals surface area contributed by atoms with Crippen molar-refractivity contribution in [3.05, 3.63) is 83.4 Å². The molecule has 0 atom stereocenters. The van der Waals surface area contributed by atoms with E-state index < -0.39 is 29.5 Å². The summed E-state index contributed by atoms with van der Waals surface area (Å²) in [5.41, 5.74) is 3.95. The lowest BCUT2D eigenvalue weighted by atomic mass is 9.98. The van der Waals surface area contributed by atoms with Crippen molar-refractivity contribution in [2.75, 3.05) is 23.8 Å². The van der Waals surface area contributed by atoms with Gasteiger partial charge in [-0.25, -0.2) is 19.3 Å². The van der Waals surface area contributed by atoms with Crippen molar-refractivity contribution in [3.8, 4) is 11.1 Å². The van der Waals surface area contributed by atoms with Crippen molar-refractivity contribution in [2.24, 2.45) is 0 Å². The number of imide groups is 1. The first-order chi connectivity index (χ1) is 26.6. The number of anilines is 2. The van der Waals surface area contributed by atoms with Gasteiger partial charge in [0.15, 0.2) is 0 Å². The van der Waals surface area contributed by atoms with Gasteiger partial charge in [-0.1, -0.05) is 80.8 Å². The van der Waals surface area contributed by atoms with Gasteiger partial charge < -0.3 is 24.3 Å². The van der Waals surface area contributed by atoms with E-state index in [0.29, 0.717) is 42.6 Å². The normalized spacial score (nSPS) is 12.2. The fourth-order valence-corrected chi connectivity index (χ4v) is 6.30. The van der Waals surface area contributed by atoms with Crippen molar-refractivity contribution < 1.29 is 42.9 Å². The maximum absolute atomic E-state index is 13.3. The van der Waals surface area contributed by atoms with Crippen molar-refractivity contribution in [2.45, 2.75) is 124 Å². The van der Waals surface area contributed by atoms with Gasteiger partial charge in [-0.2, -0.15) is 0 Å². The molecule has 3 aromatic carbocycles. The van der Waals surface area contributed by atoms with Crippen molar-refractivity contribution >= 4 is 41.5 Å². The van der Waals surface area contributed by atoms with Gasteiger partial charge in [-0.05, 0) is 95.2 Å². The lowest BCUT2D eigenvalue weighted by Gasteiger charge is -2.28. The third-order valence-electron chi connectivity index (χ3n) is 8.91. The second-order valence-corrected chi connectivity index (χ2v) is 15.9. The van der Waals surface area contributed by atoms with E-state index in [1.165, 1.54) is 0 Å². The second-order valence-electron chi connectivity index (χ2n) is 15.9. The zero-order valence-electron chi connectivity index (χ0n) is 33.8. The molecule has 56 heavy (non-hydrogen) atoms. The summed E-state index contributed by atoms with van der Waals surface area (Å²) in [7, 11) is 0. The van der Waals surface area contributed by atoms with Crippen molar-refractivity contribution in [1.29, 1.82) is 0 Å². The minimum atomic E-state index is -0.801. The van der Waals surface area contributed by atoms with Crippen LogP contribution in [0, 0.1) is 0 Å². The Morgan fingerprint density at radius 1 is 0.643 bits per heavy atom. The van der Waals surface area contributed by atoms with Gasteiger partial charge in [-0.15, -0.1) is 0 Å². The number of carbonyl (C=O) groups excluding carboxylic acids is 5. The number of fused-ring (bicyclic) bond motifs is 3. The van der Waals surface area contributed by atoms with E-state index in [2.05, 4.69) is 22.8 Å². The smallest absolute Gasteiger partial charge is 0.419 e. The van der Waals surface area contributed by atoms with Crippen molar-refractivity contribution in [3.63, 3.8) is 0 Å². The van der Waals surface area contributed by atoms with Crippen LogP contribution >= 0.6 is 0 Å². The highest BCUT2D eigenvalue weighted by molar-refractivity contribution is 5.94. The molecular formula is C44H57N3O9. The molecule has 1 aliphatic carbocycles. The van der Waals surface area contributed by atoms with Crippen LogP contribution in [-0.4, -0.2) is 59.4 Å². The number of rotatable bonds is 16. The molecule has 12 heteroatoms. The van der Waals surface area contributed by atoms with E-state index in [-0.39, 0.29) is 50.4 Å². The zero-order chi connectivity index (χ0) is 40.9. The summed E-state index contributed by atoms with van der Waals surface area (Å²) in [5, 5.41) is 5.71. The SMILES string of the molecule is CCCCCC(=O)OCc1c(NC(=O)CCCCCN(C(=O)OC(C)(C)C)C(=O)OC(C)(C)C)cccc1NC(=O)OCC1c2ccccc2-c2ccccc21. The monoisotopic (exact) mass is 771 g/mol. The number of nitrogens with zero attached hydrogens (tertiary/aromatic N) is 1. The van der Waals surface area contributed by atoms with Gasteiger partial charge in [0.2, 0.25) is 5.91 Å². The predicted molar refractivity (Wildman–Crippen MR) is 215 cm³/mol. The standard InChI is InChI=1S/C44H57N3O9/c1-8-9-11-26-39(49)53-29-35-36(45-38(48)25-12-10-17-27-47(41(51)55-43(2,3)4)42(52)56-44(5,6)7)23-18-24-37(35)46-40(50)54-28-34-32-21-15-13-19-30(32)31-20-14-16-22-33(31)34/h13-16,18-24,34H,8-12,17,25-29H2,1-7H3,(H,45,48)(H,46,50). The largest absolute Gasteiger partial charge is 0.461 e. The Balaban J connectivity index is 1.38. The number of amides is 4. The molecule has 12 nitrogen and oxygen atoms in total. The molecule has 1 aliphatic rings. The molecule has 4 amide bonds. The highest BCUT2D eigenvalue weighted by Gasteiger charge is 2.31. The summed E-state index contributed by atoms with van der Waals surface area (Å²) in [5.74, 6) is -0.798. The Kier molecular flexibility index (Phi) is 15.5. The average molecular weight is 772 g/mol. The first-order valence-corrected chi connectivity index (χ1v) is 19.5. The van der Waals surface area contributed by atoms with Crippen LogP contribution in [0.5, 0.6) is 0 Å². The van der Waals surface area contributed by atoms with E-state index in [0.717, 1.165) is 40.0 Å². The maximum atomic E-state index is 13.3. The molecule has 0 aromatic heterocycles. The van der Waals surface area contributed by atoms with Gasteiger partial charge >= 0.3 is 24.2 Å². The Labute approximate surface area is 330 Å². The molecule has 302 valence electrons. The van der Waals surface area contributed by atoms with Crippen LogP contribution in [-0.2, 0) is 35.1 Å². The molecule has 0 fully saturated rings. The quantitative estimate of drug-likeness (QED) is 0.0824. The molecule has 0 bridgehead atoms. The number of nitrogens with one attached hydrogen (secondary N) is 2. The van der Waals surface area contributed by atoms with Crippen molar-refractivity contribution in [1.82, 2.24) is 4.90 Å². The summed E-state index contributed by atoms with van der Waals surface area (Å²) >= 11 is 0. The fraction of sp³-hybridized carbons (Fsp3) is 0.477. The van der Waals surface area contributed by atoms with Gasteiger partial charge in [0, 0.05) is 36.6 Å². The van der Waals surface area contributed by atoms with Crippen LogP contribution in [0.4, 0.5) is 25.8 Å². The molecule has 0 saturated carbocycles. The molecule has 2 N–H and O–H groups in total. The van der Waals surface area contributed by atoms with E-state index >= 15 is 0 Å². The number of hydrogen-bond acceptors (Lipinski definition) is 9. The molecule has 4 rings (SSSR count). The molecule has 3 aromatic rings. The van der Waals surface area contributed by atoms with Crippen LogP contribution in [0.3, 0.4) is 0 Å². The summed E-state index contributed by atoms with van der Waals surface area (Å²) in [4.78, 5) is 65.6. The second kappa shape index (κ2) is 20.0. The molecule has 0 spiro atoms. The molecule has 0 saturated heterocycles. The Bertz CT molecular complexity index is 1770. The Hall–Kier alpha value is -5.39. The van der Waals surface area contributed by atoms with Crippen LogP contribution < -0.4 is 10.6 Å². The Morgan fingerprint density at radius 2 is 1.20 bits per heavy atom. The van der Waals surface area contributed by atoms with Gasteiger partial charge in [0.05, 0.1) is 5.69 Å². The van der Waals surface area contributed by atoms with E-state index in [4.69, 9.17) is 18.9 Å². The van der Waals surface area contributed by atoms with E-state index in [1.54, 1.807) is 59.7 Å². The summed E-state index contributed by atoms with van der Waals surface area (Å²) < 4.78 is 22.2. The lowest BCUT2D eigenvalue weighted by Crippen LogP contribution is -2.44. The topological polar surface area (TPSA) is 150 Å². The van der Waals surface area contributed by atoms with Gasteiger partial charge in [-0.3, -0.25) is 14.9 Å². The van der Waals surface area contributed by atoms with E-state index in [9.17, 15) is 24.0 Å². The number of ether oxygens (including phenoxy) is 4. The third-order valence-corrected chi connectivity index (χ3v) is 8.91. The van der Waals surface area contributed by atoms with E-state index in [1.807, 2.05) is 43.3 Å². The molecular weight excluding hydrogens is 714 g/mol. The van der Waals surface area contributed by atoms with Gasteiger partial charge in [0.25, 0.3) is 0 Å².